The quantitative estimate of drug-likeness (QED) is 0.845. The van der Waals surface area contributed by atoms with Crippen molar-refractivity contribution in [2.75, 3.05) is 5.73 Å². The average molecular weight is 239 g/mol. The zero-order chi connectivity index (χ0) is 12.1. The van der Waals surface area contributed by atoms with Gasteiger partial charge in [-0.05, 0) is 30.2 Å². The van der Waals surface area contributed by atoms with Gasteiger partial charge in [0.2, 0.25) is 0 Å². The van der Waals surface area contributed by atoms with Crippen molar-refractivity contribution in [2.45, 2.75) is 25.2 Å². The number of anilines is 1. The van der Waals surface area contributed by atoms with E-state index in [4.69, 9.17) is 5.73 Å². The van der Waals surface area contributed by atoms with Gasteiger partial charge in [0.25, 0.3) is 0 Å². The van der Waals surface area contributed by atoms with Crippen LogP contribution in [-0.2, 0) is 0 Å². The molecule has 0 saturated heterocycles. The molecule has 2 aliphatic rings. The minimum Gasteiger partial charge on any atom is -0.382 e. The van der Waals surface area contributed by atoms with Gasteiger partial charge in [-0.2, -0.15) is 5.10 Å². The van der Waals surface area contributed by atoms with E-state index in [1.165, 1.54) is 30.5 Å². The Bertz CT molecular complexity index is 563. The first-order chi connectivity index (χ1) is 8.86. The molecular formula is C15H17N3. The van der Waals surface area contributed by atoms with Crippen LogP contribution in [-0.4, -0.2) is 10.2 Å². The van der Waals surface area contributed by atoms with Crippen LogP contribution in [0.2, 0.25) is 0 Å². The van der Waals surface area contributed by atoms with Gasteiger partial charge in [-0.25, -0.2) is 0 Å². The molecule has 1 aromatic heterocycles. The Labute approximate surface area is 106 Å². The molecule has 0 spiro atoms. The van der Waals surface area contributed by atoms with Crippen LogP contribution in [0.1, 0.15) is 30.9 Å². The number of benzene rings is 1. The number of hydrogen-bond donors (Lipinski definition) is 2. The van der Waals surface area contributed by atoms with E-state index >= 15 is 0 Å². The number of aromatic nitrogens is 2. The van der Waals surface area contributed by atoms with Gasteiger partial charge in [0, 0.05) is 17.2 Å². The van der Waals surface area contributed by atoms with Gasteiger partial charge in [0.15, 0.2) is 5.82 Å². The summed E-state index contributed by atoms with van der Waals surface area (Å²) in [5, 5.41) is 7.42. The Kier molecular flexibility index (Phi) is 2.04. The summed E-state index contributed by atoms with van der Waals surface area (Å²) >= 11 is 0. The van der Waals surface area contributed by atoms with Crippen LogP contribution in [0.5, 0.6) is 0 Å². The third-order valence-electron chi connectivity index (χ3n) is 4.62. The summed E-state index contributed by atoms with van der Waals surface area (Å²) in [7, 11) is 0. The van der Waals surface area contributed by atoms with Gasteiger partial charge in [-0.15, -0.1) is 0 Å². The molecule has 2 aromatic rings. The van der Waals surface area contributed by atoms with Crippen molar-refractivity contribution in [3.05, 3.63) is 36.0 Å². The second-order valence-electron chi connectivity index (χ2n) is 5.55. The Balaban J connectivity index is 1.77. The van der Waals surface area contributed by atoms with Crippen LogP contribution < -0.4 is 5.73 Å². The van der Waals surface area contributed by atoms with E-state index in [1.54, 1.807) is 0 Å². The zero-order valence-corrected chi connectivity index (χ0v) is 10.3. The summed E-state index contributed by atoms with van der Waals surface area (Å²) < 4.78 is 0. The van der Waals surface area contributed by atoms with Crippen molar-refractivity contribution in [3.8, 4) is 11.1 Å². The van der Waals surface area contributed by atoms with Crippen LogP contribution in [0.4, 0.5) is 5.82 Å². The van der Waals surface area contributed by atoms with E-state index < -0.39 is 0 Å². The Hall–Kier alpha value is -1.77. The molecule has 2 unspecified atom stereocenters. The maximum Gasteiger partial charge on any atom is 0.153 e. The molecule has 1 aromatic carbocycles. The smallest absolute Gasteiger partial charge is 0.153 e. The fraction of sp³-hybridized carbons (Fsp3) is 0.400. The van der Waals surface area contributed by atoms with Gasteiger partial charge in [-0.1, -0.05) is 36.8 Å². The Morgan fingerprint density at radius 2 is 1.83 bits per heavy atom. The normalized spacial score (nSPS) is 29.2. The van der Waals surface area contributed by atoms with Gasteiger partial charge in [0.05, 0.1) is 0 Å². The SMILES string of the molecule is Nc1n[nH]c(C2C3CCCC32)c1-c1ccccc1. The molecule has 92 valence electrons. The van der Waals surface area contributed by atoms with Crippen LogP contribution in [0.15, 0.2) is 30.3 Å². The molecule has 2 fully saturated rings. The first-order valence-electron chi connectivity index (χ1n) is 6.75. The average Bonchev–Trinajstić information content (AvgIpc) is 2.79. The third kappa shape index (κ3) is 1.33. The molecule has 18 heavy (non-hydrogen) atoms. The fourth-order valence-electron chi connectivity index (χ4n) is 3.77. The van der Waals surface area contributed by atoms with E-state index in [0.717, 1.165) is 17.4 Å². The lowest BCUT2D eigenvalue weighted by Crippen LogP contribution is -1.93. The molecule has 0 amide bonds. The molecule has 0 radical (unpaired) electrons. The van der Waals surface area contributed by atoms with Gasteiger partial charge in [0.1, 0.15) is 0 Å². The van der Waals surface area contributed by atoms with Crippen molar-refractivity contribution in [1.82, 2.24) is 10.2 Å². The highest BCUT2D eigenvalue weighted by Gasteiger charge is 2.54. The third-order valence-corrected chi connectivity index (χ3v) is 4.62. The van der Waals surface area contributed by atoms with E-state index in [1.807, 2.05) is 6.07 Å². The lowest BCUT2D eigenvalue weighted by Gasteiger charge is -2.06. The fourth-order valence-corrected chi connectivity index (χ4v) is 3.77. The van der Waals surface area contributed by atoms with Crippen LogP contribution >= 0.6 is 0 Å². The first-order valence-corrected chi connectivity index (χ1v) is 6.75. The van der Waals surface area contributed by atoms with E-state index in [0.29, 0.717) is 11.7 Å². The molecule has 3 heteroatoms. The minimum atomic E-state index is 0.640. The van der Waals surface area contributed by atoms with Crippen molar-refractivity contribution < 1.29 is 0 Å². The van der Waals surface area contributed by atoms with Gasteiger partial charge < -0.3 is 5.73 Å². The lowest BCUT2D eigenvalue weighted by molar-refractivity contribution is 0.670. The topological polar surface area (TPSA) is 54.7 Å². The lowest BCUT2D eigenvalue weighted by atomic mass is 9.99. The van der Waals surface area contributed by atoms with Crippen molar-refractivity contribution in [2.24, 2.45) is 11.8 Å². The molecule has 2 atom stereocenters. The molecule has 3 nitrogen and oxygen atoms in total. The number of fused-ring (bicyclic) bond motifs is 1. The summed E-state index contributed by atoms with van der Waals surface area (Å²) in [4.78, 5) is 0. The number of aromatic amines is 1. The van der Waals surface area contributed by atoms with Gasteiger partial charge >= 0.3 is 0 Å². The first kappa shape index (κ1) is 10.2. The summed E-state index contributed by atoms with van der Waals surface area (Å²) in [5.41, 5.74) is 9.64. The predicted octanol–water partition coefficient (Wildman–Crippen LogP) is 3.17. The van der Waals surface area contributed by atoms with Crippen molar-refractivity contribution in [3.63, 3.8) is 0 Å². The second kappa shape index (κ2) is 3.61. The maximum atomic E-state index is 6.05. The molecule has 0 aliphatic heterocycles. The number of hydrogen-bond acceptors (Lipinski definition) is 2. The largest absolute Gasteiger partial charge is 0.382 e. The van der Waals surface area contributed by atoms with E-state index in [2.05, 4.69) is 34.5 Å². The van der Waals surface area contributed by atoms with Crippen LogP contribution in [0.3, 0.4) is 0 Å². The second-order valence-corrected chi connectivity index (χ2v) is 5.55. The zero-order valence-electron chi connectivity index (χ0n) is 10.3. The highest BCUT2D eigenvalue weighted by molar-refractivity contribution is 5.77. The summed E-state index contributed by atoms with van der Waals surface area (Å²) in [6, 6.07) is 10.4. The van der Waals surface area contributed by atoms with E-state index in [-0.39, 0.29) is 0 Å². The molecule has 0 bridgehead atoms. The standard InChI is InChI=1S/C15H17N3/c16-15-12(9-5-2-1-3-6-9)14(17-18-15)13-10-7-4-8-11(10)13/h1-3,5-6,10-11,13H,4,7-8H2,(H3,16,17,18). The predicted molar refractivity (Wildman–Crippen MR) is 72.0 cm³/mol. The molecular weight excluding hydrogens is 222 g/mol. The molecule has 2 saturated carbocycles. The number of nitrogens with two attached hydrogens (primary N) is 1. The summed E-state index contributed by atoms with van der Waals surface area (Å²) in [5.74, 6) is 3.08. The van der Waals surface area contributed by atoms with E-state index in [9.17, 15) is 0 Å². The van der Waals surface area contributed by atoms with Crippen molar-refractivity contribution >= 4 is 5.82 Å². The molecule has 2 aliphatic carbocycles. The van der Waals surface area contributed by atoms with Gasteiger partial charge in [-0.3, -0.25) is 5.10 Å². The monoisotopic (exact) mass is 239 g/mol. The number of rotatable bonds is 2. The number of nitrogens with zero attached hydrogens (tertiary/aromatic N) is 1. The Morgan fingerprint density at radius 3 is 2.56 bits per heavy atom. The Morgan fingerprint density at radius 1 is 1.11 bits per heavy atom. The minimum absolute atomic E-state index is 0.640. The highest BCUT2D eigenvalue weighted by Crippen LogP contribution is 2.64. The number of nitrogen functional groups attached to an aromatic ring is 1. The van der Waals surface area contributed by atoms with Crippen LogP contribution in [0.25, 0.3) is 11.1 Å². The summed E-state index contributed by atoms with van der Waals surface area (Å²) in [6.45, 7) is 0. The highest BCUT2D eigenvalue weighted by atomic mass is 15.2. The molecule has 3 N–H and O–H groups in total. The summed E-state index contributed by atoms with van der Waals surface area (Å²) in [6.07, 6.45) is 4.15. The number of H-pyrrole nitrogens is 1. The molecule has 4 rings (SSSR count). The van der Waals surface area contributed by atoms with Crippen molar-refractivity contribution in [1.29, 1.82) is 0 Å². The maximum absolute atomic E-state index is 6.05. The molecule has 1 heterocycles. The number of nitrogens with one attached hydrogen (secondary N) is 1. The van der Waals surface area contributed by atoms with Crippen LogP contribution in [0, 0.1) is 11.8 Å².